The van der Waals surface area contributed by atoms with Crippen molar-refractivity contribution in [3.8, 4) is 0 Å². The Morgan fingerprint density at radius 1 is 0.714 bits per heavy atom. The summed E-state index contributed by atoms with van der Waals surface area (Å²) < 4.78 is 73.7. The van der Waals surface area contributed by atoms with Gasteiger partial charge < -0.3 is 4.74 Å². The van der Waals surface area contributed by atoms with Crippen LogP contribution in [0.1, 0.15) is 10.4 Å². The van der Waals surface area contributed by atoms with E-state index in [1.54, 1.807) is 0 Å². The molecule has 0 saturated carbocycles. The molecule has 144 valence electrons. The molecule has 0 aliphatic heterocycles. The summed E-state index contributed by atoms with van der Waals surface area (Å²) in [6.45, 7) is 0. The Morgan fingerprint density at radius 2 is 1.18 bits per heavy atom. The van der Waals surface area contributed by atoms with Crippen LogP contribution in [0.2, 0.25) is 0 Å². The second-order valence-corrected chi connectivity index (χ2v) is 7.68. The van der Waals surface area contributed by atoms with E-state index in [1.165, 1.54) is 6.07 Å². The first-order valence-corrected chi connectivity index (χ1v) is 9.05. The van der Waals surface area contributed by atoms with E-state index in [0.29, 0.717) is 12.1 Å². The van der Waals surface area contributed by atoms with Gasteiger partial charge in [-0.1, -0.05) is 0 Å². The van der Waals surface area contributed by atoms with Crippen molar-refractivity contribution in [2.75, 3.05) is 7.11 Å². The molecule has 2 nitrogen and oxygen atoms in total. The molecule has 0 aromatic heterocycles. The summed E-state index contributed by atoms with van der Waals surface area (Å²) in [6.07, 6.45) is 0. The van der Waals surface area contributed by atoms with E-state index in [0.717, 1.165) is 43.5 Å². The van der Waals surface area contributed by atoms with Crippen molar-refractivity contribution in [3.63, 3.8) is 0 Å². The number of rotatable bonds is 4. The average molecular weight is 411 g/mol. The van der Waals surface area contributed by atoms with Gasteiger partial charge in [-0.3, -0.25) is 0 Å². The molecule has 0 spiro atoms. The zero-order valence-electron chi connectivity index (χ0n) is 14.3. The summed E-state index contributed by atoms with van der Waals surface area (Å²) in [5.41, 5.74) is -0.411. The maximum atomic E-state index is 14.0. The summed E-state index contributed by atoms with van der Waals surface area (Å²) >= 11 is 0. The number of carbonyl (C=O) groups is 1. The van der Waals surface area contributed by atoms with E-state index in [2.05, 4.69) is 4.74 Å². The lowest BCUT2D eigenvalue weighted by molar-refractivity contribution is 0.0595. The summed E-state index contributed by atoms with van der Waals surface area (Å²) in [5.74, 6) is -5.38. The number of methoxy groups -OCH3 is 1. The van der Waals surface area contributed by atoms with E-state index in [9.17, 15) is 26.7 Å². The number of hydrogen-bond donors (Lipinski definition) is 0. The van der Waals surface area contributed by atoms with Crippen molar-refractivity contribution in [1.82, 2.24) is 0 Å². The van der Waals surface area contributed by atoms with Gasteiger partial charge in [0, 0.05) is 42.5 Å². The van der Waals surface area contributed by atoms with Gasteiger partial charge >= 0.3 is 5.97 Å². The Hall–Kier alpha value is -2.87. The minimum Gasteiger partial charge on any atom is -0.465 e. The molecule has 0 atom stereocenters. The smallest absolute Gasteiger partial charge is 0.341 e. The Morgan fingerprint density at radius 3 is 1.61 bits per heavy atom. The molecular formula is C20H12F5O2S+. The largest absolute Gasteiger partial charge is 0.465 e. The zero-order valence-corrected chi connectivity index (χ0v) is 15.1. The fraction of sp³-hybridized carbons (Fsp3) is 0.0500. The standard InChI is InChI=1S/C20H12F5O2S/c1-27-20(26)18-10-15(2-3-19(18)25)28(16-6-11(21)4-12(22)7-16)17-8-13(23)5-14(24)9-17/h2-10H,1H3/q+1. The van der Waals surface area contributed by atoms with Gasteiger partial charge in [0.25, 0.3) is 0 Å². The van der Waals surface area contributed by atoms with Crippen LogP contribution in [0.5, 0.6) is 0 Å². The highest BCUT2D eigenvalue weighted by Gasteiger charge is 2.32. The lowest BCUT2D eigenvalue weighted by Crippen LogP contribution is -2.10. The van der Waals surface area contributed by atoms with Crippen LogP contribution < -0.4 is 0 Å². The van der Waals surface area contributed by atoms with Gasteiger partial charge in [-0.25, -0.2) is 26.7 Å². The van der Waals surface area contributed by atoms with Crippen molar-refractivity contribution in [2.45, 2.75) is 14.7 Å². The second kappa shape index (κ2) is 8.02. The molecule has 0 saturated heterocycles. The molecule has 8 heteroatoms. The molecule has 0 heterocycles. The van der Waals surface area contributed by atoms with Gasteiger partial charge in [0.05, 0.1) is 18.0 Å². The molecule has 3 rings (SSSR count). The first-order chi connectivity index (χ1) is 13.3. The number of halogens is 5. The highest BCUT2D eigenvalue weighted by molar-refractivity contribution is 7.97. The molecular weight excluding hydrogens is 399 g/mol. The predicted octanol–water partition coefficient (Wildman–Crippen LogP) is 5.26. The van der Waals surface area contributed by atoms with E-state index in [1.807, 2.05) is 0 Å². The maximum Gasteiger partial charge on any atom is 0.341 e. The number of hydrogen-bond acceptors (Lipinski definition) is 2. The van der Waals surface area contributed by atoms with Crippen LogP contribution >= 0.6 is 0 Å². The Balaban J connectivity index is 2.26. The molecule has 0 amide bonds. The van der Waals surface area contributed by atoms with Crippen LogP contribution in [0.25, 0.3) is 0 Å². The summed E-state index contributed by atoms with van der Waals surface area (Å²) in [7, 11) is -0.360. The van der Waals surface area contributed by atoms with Gasteiger partial charge in [0.1, 0.15) is 34.6 Å². The zero-order chi connectivity index (χ0) is 20.4. The highest BCUT2D eigenvalue weighted by atomic mass is 32.2. The third-order valence-corrected chi connectivity index (χ3v) is 5.86. The fourth-order valence-corrected chi connectivity index (χ4v) is 4.78. The molecule has 0 aliphatic carbocycles. The number of esters is 1. The highest BCUT2D eigenvalue weighted by Crippen LogP contribution is 2.34. The molecule has 0 radical (unpaired) electrons. The molecule has 3 aromatic carbocycles. The van der Waals surface area contributed by atoms with Crippen molar-refractivity contribution in [3.05, 3.63) is 89.2 Å². The third-order valence-electron chi connectivity index (χ3n) is 3.72. The topological polar surface area (TPSA) is 26.3 Å². The third kappa shape index (κ3) is 4.17. The van der Waals surface area contributed by atoms with Gasteiger partial charge in [0.2, 0.25) is 0 Å². The summed E-state index contributed by atoms with van der Waals surface area (Å²) in [4.78, 5) is 12.1. The summed E-state index contributed by atoms with van der Waals surface area (Å²) in [5, 5.41) is 0. The van der Waals surface area contributed by atoms with Crippen LogP contribution in [0.4, 0.5) is 22.0 Å². The Bertz CT molecular complexity index is 963. The van der Waals surface area contributed by atoms with Crippen molar-refractivity contribution in [1.29, 1.82) is 0 Å². The maximum absolute atomic E-state index is 14.0. The number of carbonyl (C=O) groups excluding carboxylic acids is 1. The normalized spacial score (nSPS) is 11.0. The minimum absolute atomic E-state index is 0.0601. The van der Waals surface area contributed by atoms with Gasteiger partial charge in [-0.05, 0) is 12.1 Å². The first-order valence-electron chi connectivity index (χ1n) is 7.83. The van der Waals surface area contributed by atoms with E-state index >= 15 is 0 Å². The van der Waals surface area contributed by atoms with Crippen LogP contribution in [-0.2, 0) is 15.6 Å². The molecule has 0 N–H and O–H groups in total. The average Bonchev–Trinajstić information content (AvgIpc) is 2.61. The molecule has 0 unspecified atom stereocenters. The molecule has 28 heavy (non-hydrogen) atoms. The molecule has 3 aromatic rings. The van der Waals surface area contributed by atoms with E-state index in [-0.39, 0.29) is 14.7 Å². The van der Waals surface area contributed by atoms with Crippen LogP contribution in [-0.4, -0.2) is 13.1 Å². The van der Waals surface area contributed by atoms with E-state index in [4.69, 9.17) is 0 Å². The number of benzene rings is 3. The van der Waals surface area contributed by atoms with Gasteiger partial charge in [-0.2, -0.15) is 0 Å². The Labute approximate surface area is 159 Å². The van der Waals surface area contributed by atoms with Crippen molar-refractivity contribution < 1.29 is 31.5 Å². The lowest BCUT2D eigenvalue weighted by atomic mass is 10.2. The Kier molecular flexibility index (Phi) is 5.69. The van der Waals surface area contributed by atoms with E-state index < -0.39 is 51.5 Å². The molecule has 0 bridgehead atoms. The summed E-state index contributed by atoms with van der Waals surface area (Å²) in [6, 6.07) is 8.74. The SMILES string of the molecule is COC(=O)c1cc([S+](c2cc(F)cc(F)c2)c2cc(F)cc(F)c2)ccc1F. The van der Waals surface area contributed by atoms with Crippen LogP contribution in [0.3, 0.4) is 0 Å². The predicted molar refractivity (Wildman–Crippen MR) is 92.6 cm³/mol. The molecule has 0 fully saturated rings. The van der Waals surface area contributed by atoms with Crippen molar-refractivity contribution >= 4 is 16.9 Å². The van der Waals surface area contributed by atoms with Crippen molar-refractivity contribution in [2.24, 2.45) is 0 Å². The first kappa shape index (κ1) is 19.9. The molecule has 0 aliphatic rings. The quantitative estimate of drug-likeness (QED) is 0.332. The van der Waals surface area contributed by atoms with Gasteiger partial charge in [-0.15, -0.1) is 0 Å². The minimum atomic E-state index is -1.43. The number of ether oxygens (including phenoxy) is 1. The van der Waals surface area contributed by atoms with Gasteiger partial charge in [0.15, 0.2) is 14.7 Å². The second-order valence-electron chi connectivity index (χ2n) is 5.65. The fourth-order valence-electron chi connectivity index (χ4n) is 2.60. The van der Waals surface area contributed by atoms with Crippen LogP contribution in [0, 0.1) is 29.1 Å². The lowest BCUT2D eigenvalue weighted by Gasteiger charge is -2.10. The monoisotopic (exact) mass is 411 g/mol. The van der Waals surface area contributed by atoms with Crippen LogP contribution in [0.15, 0.2) is 69.3 Å².